The Bertz CT molecular complexity index is 1090. The first-order valence-electron chi connectivity index (χ1n) is 11.2. The zero-order chi connectivity index (χ0) is 23.8. The van der Waals surface area contributed by atoms with Gasteiger partial charge < -0.3 is 15.2 Å². The smallest absolute Gasteiger partial charge is 0.331 e. The first-order chi connectivity index (χ1) is 15.7. The van der Waals surface area contributed by atoms with Gasteiger partial charge in [0, 0.05) is 22.7 Å². The lowest BCUT2D eigenvalue weighted by Gasteiger charge is -2.46. The van der Waals surface area contributed by atoms with Crippen LogP contribution in [0.5, 0.6) is 0 Å². The second-order valence-corrected chi connectivity index (χ2v) is 10.5. The van der Waals surface area contributed by atoms with Crippen LogP contribution in [0.1, 0.15) is 50.2 Å². The lowest BCUT2D eigenvalue weighted by Crippen LogP contribution is -2.52. The van der Waals surface area contributed by atoms with Crippen molar-refractivity contribution < 1.29 is 14.6 Å². The predicted molar refractivity (Wildman–Crippen MR) is 135 cm³/mol. The molecule has 1 spiro atoms. The highest BCUT2D eigenvalue weighted by Crippen LogP contribution is 2.56. The van der Waals surface area contributed by atoms with Crippen molar-refractivity contribution in [2.75, 3.05) is 19.0 Å². The highest BCUT2D eigenvalue weighted by Gasteiger charge is 2.52. The zero-order valence-corrected chi connectivity index (χ0v) is 21.0. The van der Waals surface area contributed by atoms with Gasteiger partial charge in [-0.2, -0.15) is 0 Å². The minimum atomic E-state index is -0.850. The summed E-state index contributed by atoms with van der Waals surface area (Å²) in [5.41, 5.74) is 3.04. The molecule has 0 saturated heterocycles. The van der Waals surface area contributed by atoms with Crippen molar-refractivity contribution in [1.29, 1.82) is 0 Å². The van der Waals surface area contributed by atoms with Gasteiger partial charge in [0.25, 0.3) is 0 Å². The fraction of sp³-hybridized carbons (Fsp3) is 0.423. The molecule has 7 heteroatoms. The zero-order valence-electron chi connectivity index (χ0n) is 18.8. The van der Waals surface area contributed by atoms with Crippen LogP contribution in [0.15, 0.2) is 42.0 Å². The van der Waals surface area contributed by atoms with Crippen LogP contribution >= 0.6 is 34.8 Å². The van der Waals surface area contributed by atoms with E-state index in [2.05, 4.69) is 17.5 Å². The topological polar surface area (TPSA) is 58.6 Å². The van der Waals surface area contributed by atoms with Crippen LogP contribution in [0.2, 0.25) is 15.1 Å². The number of carbonyl (C=O) groups excluding carboxylic acids is 1. The maximum absolute atomic E-state index is 13.0. The number of carbonyl (C=O) groups is 1. The summed E-state index contributed by atoms with van der Waals surface area (Å²) in [6.07, 6.45) is 5.54. The van der Waals surface area contributed by atoms with Crippen LogP contribution in [0.3, 0.4) is 0 Å². The Labute approximate surface area is 209 Å². The predicted octanol–water partition coefficient (Wildman–Crippen LogP) is 6.90. The molecule has 2 N–H and O–H groups in total. The molecule has 0 amide bonds. The maximum Gasteiger partial charge on any atom is 0.331 e. The van der Waals surface area contributed by atoms with Crippen LogP contribution in [-0.2, 0) is 14.9 Å². The third kappa shape index (κ3) is 4.39. The third-order valence-electron chi connectivity index (χ3n) is 7.20. The van der Waals surface area contributed by atoms with E-state index in [4.69, 9.17) is 39.5 Å². The molecule has 4 rings (SSSR count). The number of anilines is 1. The van der Waals surface area contributed by atoms with E-state index in [1.54, 1.807) is 6.07 Å². The van der Waals surface area contributed by atoms with Gasteiger partial charge in [0.05, 0.1) is 17.2 Å². The second-order valence-electron chi connectivity index (χ2n) is 9.28. The number of hydrogen-bond donors (Lipinski definition) is 2. The van der Waals surface area contributed by atoms with Crippen molar-refractivity contribution in [1.82, 2.24) is 0 Å². The molecule has 0 unspecified atom stereocenters. The number of nitrogens with one attached hydrogen (secondary N) is 1. The first-order valence-corrected chi connectivity index (χ1v) is 12.3. The van der Waals surface area contributed by atoms with Gasteiger partial charge in [0.15, 0.2) is 0 Å². The molecular weight excluding hydrogens is 481 g/mol. The van der Waals surface area contributed by atoms with E-state index in [9.17, 15) is 9.90 Å². The molecule has 33 heavy (non-hydrogen) atoms. The first kappa shape index (κ1) is 24.4. The van der Waals surface area contributed by atoms with Crippen molar-refractivity contribution in [3.63, 3.8) is 0 Å². The SMILES string of the molecule is COC(=O)C1(Nc2cccc(Cl)c2)CCC2(CC1)C(C[C@@H](C)CO)=Cc1c2ccc(Cl)c1Cl. The van der Waals surface area contributed by atoms with Crippen molar-refractivity contribution >= 4 is 52.5 Å². The van der Waals surface area contributed by atoms with Crippen LogP contribution < -0.4 is 5.32 Å². The number of aliphatic hydroxyl groups excluding tert-OH is 1. The summed E-state index contributed by atoms with van der Waals surface area (Å²) in [5.74, 6) is -0.160. The molecule has 0 radical (unpaired) electrons. The van der Waals surface area contributed by atoms with E-state index in [1.807, 2.05) is 31.2 Å². The number of benzene rings is 2. The number of aliphatic hydroxyl groups is 1. The van der Waals surface area contributed by atoms with Gasteiger partial charge in [-0.05, 0) is 73.4 Å². The largest absolute Gasteiger partial charge is 0.467 e. The molecule has 2 aromatic carbocycles. The lowest BCUT2D eigenvalue weighted by molar-refractivity contribution is -0.147. The molecule has 1 atom stereocenters. The summed E-state index contributed by atoms with van der Waals surface area (Å²) in [6, 6.07) is 11.3. The van der Waals surface area contributed by atoms with Gasteiger partial charge in [0.1, 0.15) is 5.54 Å². The number of halogens is 3. The van der Waals surface area contributed by atoms with Gasteiger partial charge in [-0.25, -0.2) is 4.79 Å². The van der Waals surface area contributed by atoms with Crippen LogP contribution in [0.4, 0.5) is 5.69 Å². The number of hydrogen-bond acceptors (Lipinski definition) is 4. The summed E-state index contributed by atoms with van der Waals surface area (Å²) in [4.78, 5) is 13.0. The number of fused-ring (bicyclic) bond motifs is 2. The molecular formula is C26H28Cl3NO3. The number of ether oxygens (including phenoxy) is 1. The number of allylic oxidation sites excluding steroid dienone is 1. The molecule has 0 heterocycles. The normalized spacial score (nSPS) is 24.8. The van der Waals surface area contributed by atoms with Crippen molar-refractivity contribution in [3.05, 3.63) is 68.2 Å². The van der Waals surface area contributed by atoms with Crippen molar-refractivity contribution in [2.24, 2.45) is 5.92 Å². The monoisotopic (exact) mass is 507 g/mol. The fourth-order valence-electron chi connectivity index (χ4n) is 5.42. The van der Waals surface area contributed by atoms with Crippen molar-refractivity contribution in [3.8, 4) is 0 Å². The molecule has 2 aliphatic rings. The Morgan fingerprint density at radius 3 is 2.52 bits per heavy atom. The molecule has 176 valence electrons. The van der Waals surface area contributed by atoms with E-state index < -0.39 is 5.54 Å². The molecule has 0 aliphatic heterocycles. The number of rotatable bonds is 6. The standard InChI is InChI=1S/C26H28Cl3NO3/c1-16(15-31)12-17-13-20-21(6-7-22(28)23(20)29)25(17)8-10-26(11-9-25,24(32)33-2)30-19-5-3-4-18(27)14-19/h3-7,13-14,16,30-31H,8-12,15H2,1-2H3/t16-,25?,26?/m1/s1. The minimum absolute atomic E-state index is 0.112. The third-order valence-corrected chi connectivity index (χ3v) is 8.26. The van der Waals surface area contributed by atoms with Gasteiger partial charge in [-0.3, -0.25) is 0 Å². The summed E-state index contributed by atoms with van der Waals surface area (Å²) in [5, 5.41) is 14.8. The fourth-order valence-corrected chi connectivity index (χ4v) is 5.99. The van der Waals surface area contributed by atoms with E-state index in [0.717, 1.165) is 36.1 Å². The molecule has 4 nitrogen and oxygen atoms in total. The second kappa shape index (κ2) is 9.50. The van der Waals surface area contributed by atoms with E-state index in [0.29, 0.717) is 27.9 Å². The highest BCUT2D eigenvalue weighted by atomic mass is 35.5. The van der Waals surface area contributed by atoms with E-state index in [1.165, 1.54) is 12.7 Å². The van der Waals surface area contributed by atoms with E-state index in [-0.39, 0.29) is 23.9 Å². The number of esters is 1. The van der Waals surface area contributed by atoms with Crippen LogP contribution in [0.25, 0.3) is 6.08 Å². The Morgan fingerprint density at radius 2 is 1.88 bits per heavy atom. The maximum atomic E-state index is 13.0. The van der Waals surface area contributed by atoms with Gasteiger partial charge in [0.2, 0.25) is 0 Å². The highest BCUT2D eigenvalue weighted by molar-refractivity contribution is 6.43. The summed E-state index contributed by atoms with van der Waals surface area (Å²) >= 11 is 19.1. The molecule has 1 saturated carbocycles. The molecule has 2 aromatic rings. The average Bonchev–Trinajstić information content (AvgIpc) is 3.10. The quantitative estimate of drug-likeness (QED) is 0.417. The molecule has 0 aromatic heterocycles. The number of methoxy groups -OCH3 is 1. The Balaban J connectivity index is 1.71. The Kier molecular flexibility index (Phi) is 7.02. The minimum Gasteiger partial charge on any atom is -0.467 e. The molecule has 2 aliphatic carbocycles. The van der Waals surface area contributed by atoms with Crippen molar-refractivity contribution in [2.45, 2.75) is 50.0 Å². The summed E-state index contributed by atoms with van der Waals surface area (Å²) in [7, 11) is 1.43. The summed E-state index contributed by atoms with van der Waals surface area (Å²) in [6.45, 7) is 2.15. The Hall–Kier alpha value is -1.72. The van der Waals surface area contributed by atoms with Gasteiger partial charge >= 0.3 is 5.97 Å². The molecule has 1 fully saturated rings. The van der Waals surface area contributed by atoms with Crippen LogP contribution in [-0.4, -0.2) is 30.3 Å². The average molecular weight is 509 g/mol. The van der Waals surface area contributed by atoms with Gasteiger partial charge in [-0.15, -0.1) is 0 Å². The van der Waals surface area contributed by atoms with Crippen LogP contribution in [0, 0.1) is 5.92 Å². The lowest BCUT2D eigenvalue weighted by atomic mass is 9.61. The van der Waals surface area contributed by atoms with E-state index >= 15 is 0 Å². The summed E-state index contributed by atoms with van der Waals surface area (Å²) < 4.78 is 5.24. The molecule has 0 bridgehead atoms. The van der Waals surface area contributed by atoms with Gasteiger partial charge in [-0.1, -0.05) is 65.5 Å². The Morgan fingerprint density at radius 1 is 1.15 bits per heavy atom.